The first-order valence-electron chi connectivity index (χ1n) is 7.66. The minimum absolute atomic E-state index is 0.603. The van der Waals surface area contributed by atoms with E-state index < -0.39 is 0 Å². The molecule has 2 fully saturated rings. The van der Waals surface area contributed by atoms with Gasteiger partial charge in [-0.05, 0) is 69.3 Å². The molecule has 0 bridgehead atoms. The highest BCUT2D eigenvalue weighted by atomic mass is 15.2. The molecule has 1 saturated heterocycles. The summed E-state index contributed by atoms with van der Waals surface area (Å²) in [6.07, 6.45) is 4.10. The van der Waals surface area contributed by atoms with Crippen molar-refractivity contribution in [2.45, 2.75) is 45.2 Å². The molecule has 19 heavy (non-hydrogen) atoms. The van der Waals surface area contributed by atoms with E-state index in [0.29, 0.717) is 6.04 Å². The standard InChI is InChI=1S/C17H26N2/c1-12-5-4-6-16(13(12)2)17-14(9-10-19(17)3)11-18-15-7-8-15/h4-6,14-15,17-18H,7-11H2,1-3H3. The van der Waals surface area contributed by atoms with Crippen LogP contribution in [-0.4, -0.2) is 31.1 Å². The molecule has 2 nitrogen and oxygen atoms in total. The van der Waals surface area contributed by atoms with Gasteiger partial charge in [0.15, 0.2) is 0 Å². The van der Waals surface area contributed by atoms with Crippen LogP contribution in [0.15, 0.2) is 18.2 Å². The van der Waals surface area contributed by atoms with Crippen molar-refractivity contribution >= 4 is 0 Å². The van der Waals surface area contributed by atoms with E-state index in [-0.39, 0.29) is 0 Å². The number of rotatable bonds is 4. The van der Waals surface area contributed by atoms with Gasteiger partial charge in [-0.25, -0.2) is 0 Å². The van der Waals surface area contributed by atoms with Gasteiger partial charge in [-0.1, -0.05) is 18.2 Å². The molecule has 2 heteroatoms. The molecule has 2 aliphatic rings. The highest BCUT2D eigenvalue weighted by Crippen LogP contribution is 2.38. The molecule has 1 aromatic carbocycles. The maximum atomic E-state index is 3.73. The smallest absolute Gasteiger partial charge is 0.0388 e. The van der Waals surface area contributed by atoms with Gasteiger partial charge in [-0.3, -0.25) is 4.90 Å². The number of likely N-dealkylation sites (tertiary alicyclic amines) is 1. The van der Waals surface area contributed by atoms with E-state index in [9.17, 15) is 0 Å². The first kappa shape index (κ1) is 13.1. The zero-order valence-corrected chi connectivity index (χ0v) is 12.4. The first-order valence-corrected chi connectivity index (χ1v) is 7.66. The van der Waals surface area contributed by atoms with Crippen LogP contribution in [0.4, 0.5) is 0 Å². The van der Waals surface area contributed by atoms with Crippen molar-refractivity contribution in [1.29, 1.82) is 0 Å². The first-order chi connectivity index (χ1) is 9.16. The summed E-state index contributed by atoms with van der Waals surface area (Å²) in [7, 11) is 2.28. The van der Waals surface area contributed by atoms with Gasteiger partial charge in [0.05, 0.1) is 0 Å². The highest BCUT2D eigenvalue weighted by Gasteiger charge is 2.34. The average Bonchev–Trinajstić information content (AvgIpc) is 3.15. The van der Waals surface area contributed by atoms with Crippen molar-refractivity contribution < 1.29 is 0 Å². The fourth-order valence-corrected chi connectivity index (χ4v) is 3.43. The molecule has 1 aliphatic heterocycles. The van der Waals surface area contributed by atoms with Gasteiger partial charge in [0.2, 0.25) is 0 Å². The summed E-state index contributed by atoms with van der Waals surface area (Å²) in [4.78, 5) is 2.54. The lowest BCUT2D eigenvalue weighted by molar-refractivity contribution is 0.271. The molecule has 2 atom stereocenters. The van der Waals surface area contributed by atoms with Gasteiger partial charge in [0.25, 0.3) is 0 Å². The molecule has 3 rings (SSSR count). The average molecular weight is 258 g/mol. The largest absolute Gasteiger partial charge is 0.314 e. The van der Waals surface area contributed by atoms with Gasteiger partial charge < -0.3 is 5.32 Å². The second-order valence-electron chi connectivity index (χ2n) is 6.45. The summed E-state index contributed by atoms with van der Waals surface area (Å²) in [5.41, 5.74) is 4.45. The lowest BCUT2D eigenvalue weighted by atomic mass is 9.89. The van der Waals surface area contributed by atoms with Gasteiger partial charge >= 0.3 is 0 Å². The molecule has 1 saturated carbocycles. The molecule has 104 valence electrons. The zero-order chi connectivity index (χ0) is 13.4. The summed E-state index contributed by atoms with van der Waals surface area (Å²) in [5, 5.41) is 3.73. The molecule has 0 aromatic heterocycles. The highest BCUT2D eigenvalue weighted by molar-refractivity contribution is 5.36. The van der Waals surface area contributed by atoms with Crippen LogP contribution in [0, 0.1) is 19.8 Å². The summed E-state index contributed by atoms with van der Waals surface area (Å²) >= 11 is 0. The summed E-state index contributed by atoms with van der Waals surface area (Å²) < 4.78 is 0. The third-order valence-electron chi connectivity index (χ3n) is 4.99. The molecule has 2 unspecified atom stereocenters. The van der Waals surface area contributed by atoms with Crippen LogP contribution in [0.3, 0.4) is 0 Å². The van der Waals surface area contributed by atoms with Crippen molar-refractivity contribution in [3.8, 4) is 0 Å². The SMILES string of the molecule is Cc1cccc(C2C(CNC3CC3)CCN2C)c1C. The molecular weight excluding hydrogens is 232 g/mol. The Morgan fingerprint density at radius 1 is 1.21 bits per heavy atom. The second-order valence-corrected chi connectivity index (χ2v) is 6.45. The fraction of sp³-hybridized carbons (Fsp3) is 0.647. The van der Waals surface area contributed by atoms with Crippen LogP contribution in [0.25, 0.3) is 0 Å². The van der Waals surface area contributed by atoms with Gasteiger partial charge in [-0.15, -0.1) is 0 Å². The van der Waals surface area contributed by atoms with Gasteiger partial charge in [0.1, 0.15) is 0 Å². The lowest BCUT2D eigenvalue weighted by Crippen LogP contribution is -2.30. The third-order valence-corrected chi connectivity index (χ3v) is 4.99. The van der Waals surface area contributed by atoms with Crippen LogP contribution in [0.5, 0.6) is 0 Å². The fourth-order valence-electron chi connectivity index (χ4n) is 3.43. The van der Waals surface area contributed by atoms with Crippen LogP contribution in [0.1, 0.15) is 42.0 Å². The van der Waals surface area contributed by atoms with E-state index in [4.69, 9.17) is 0 Å². The predicted molar refractivity (Wildman–Crippen MR) is 80.4 cm³/mol. The lowest BCUT2D eigenvalue weighted by Gasteiger charge is -2.28. The van der Waals surface area contributed by atoms with E-state index in [2.05, 4.69) is 49.3 Å². The number of aryl methyl sites for hydroxylation is 1. The van der Waals surface area contributed by atoms with Crippen LogP contribution in [0.2, 0.25) is 0 Å². The zero-order valence-electron chi connectivity index (χ0n) is 12.4. The number of benzene rings is 1. The molecule has 1 heterocycles. The maximum absolute atomic E-state index is 3.73. The van der Waals surface area contributed by atoms with E-state index in [1.165, 1.54) is 43.5 Å². The number of hydrogen-bond acceptors (Lipinski definition) is 2. The Hall–Kier alpha value is -0.860. The van der Waals surface area contributed by atoms with Crippen molar-refractivity contribution in [1.82, 2.24) is 10.2 Å². The van der Waals surface area contributed by atoms with Crippen molar-refractivity contribution in [3.05, 3.63) is 34.9 Å². The molecular formula is C17H26N2. The predicted octanol–water partition coefficient (Wildman–Crippen LogP) is 3.05. The Balaban J connectivity index is 1.80. The monoisotopic (exact) mass is 258 g/mol. The molecule has 0 amide bonds. The number of hydrogen-bond donors (Lipinski definition) is 1. The van der Waals surface area contributed by atoms with Crippen molar-refractivity contribution in [2.75, 3.05) is 20.1 Å². The summed E-state index contributed by atoms with van der Waals surface area (Å²) in [6, 6.07) is 8.20. The Morgan fingerprint density at radius 2 is 2.00 bits per heavy atom. The maximum Gasteiger partial charge on any atom is 0.0388 e. The van der Waals surface area contributed by atoms with Gasteiger partial charge in [0, 0.05) is 18.6 Å². The van der Waals surface area contributed by atoms with Crippen molar-refractivity contribution in [2.24, 2.45) is 5.92 Å². The van der Waals surface area contributed by atoms with Crippen molar-refractivity contribution in [3.63, 3.8) is 0 Å². The van der Waals surface area contributed by atoms with E-state index in [0.717, 1.165) is 12.0 Å². The van der Waals surface area contributed by atoms with Gasteiger partial charge in [-0.2, -0.15) is 0 Å². The Bertz CT molecular complexity index is 451. The normalized spacial score (nSPS) is 27.9. The van der Waals surface area contributed by atoms with Crippen LogP contribution >= 0.6 is 0 Å². The quantitative estimate of drug-likeness (QED) is 0.893. The Morgan fingerprint density at radius 3 is 2.74 bits per heavy atom. The second kappa shape index (κ2) is 5.26. The van der Waals surface area contributed by atoms with E-state index >= 15 is 0 Å². The Kier molecular flexibility index (Phi) is 3.64. The van der Waals surface area contributed by atoms with E-state index in [1.54, 1.807) is 5.56 Å². The minimum atomic E-state index is 0.603. The minimum Gasteiger partial charge on any atom is -0.314 e. The summed E-state index contributed by atoms with van der Waals surface area (Å²) in [5.74, 6) is 0.770. The third kappa shape index (κ3) is 2.70. The molecule has 0 radical (unpaired) electrons. The molecule has 1 N–H and O–H groups in total. The Labute approximate surface area is 117 Å². The van der Waals surface area contributed by atoms with Crippen LogP contribution in [-0.2, 0) is 0 Å². The topological polar surface area (TPSA) is 15.3 Å². The molecule has 1 aromatic rings. The number of nitrogens with one attached hydrogen (secondary N) is 1. The molecule has 0 spiro atoms. The van der Waals surface area contributed by atoms with E-state index in [1.807, 2.05) is 0 Å². The summed E-state index contributed by atoms with van der Waals surface area (Å²) in [6.45, 7) is 6.93. The molecule has 1 aliphatic carbocycles. The number of nitrogens with zero attached hydrogens (tertiary/aromatic N) is 1. The van der Waals surface area contributed by atoms with Crippen LogP contribution < -0.4 is 5.32 Å².